The van der Waals surface area contributed by atoms with Crippen LogP contribution in [0.1, 0.15) is 29.0 Å². The SMILES string of the molecule is COc1c(C2CCNC2)ccc(C)c1C. The quantitative estimate of drug-likeness (QED) is 0.800. The third kappa shape index (κ3) is 1.86. The molecule has 0 spiro atoms. The highest BCUT2D eigenvalue weighted by Crippen LogP contribution is 2.34. The molecule has 1 aromatic carbocycles. The second-order valence-corrected chi connectivity index (χ2v) is 4.32. The average Bonchev–Trinajstić information content (AvgIpc) is 2.75. The van der Waals surface area contributed by atoms with Crippen LogP contribution in [0.15, 0.2) is 12.1 Å². The summed E-state index contributed by atoms with van der Waals surface area (Å²) in [5, 5.41) is 3.40. The predicted octanol–water partition coefficient (Wildman–Crippen LogP) is 2.39. The second kappa shape index (κ2) is 4.23. The fraction of sp³-hybridized carbons (Fsp3) is 0.538. The lowest BCUT2D eigenvalue weighted by molar-refractivity contribution is 0.403. The first-order valence-corrected chi connectivity index (χ1v) is 5.59. The van der Waals surface area contributed by atoms with Crippen molar-refractivity contribution in [3.8, 4) is 5.75 Å². The smallest absolute Gasteiger partial charge is 0.125 e. The molecule has 1 N–H and O–H groups in total. The summed E-state index contributed by atoms with van der Waals surface area (Å²) < 4.78 is 5.54. The minimum atomic E-state index is 0.624. The molecule has 0 radical (unpaired) electrons. The van der Waals surface area contributed by atoms with Gasteiger partial charge in [0.15, 0.2) is 0 Å². The lowest BCUT2D eigenvalue weighted by Gasteiger charge is -2.17. The summed E-state index contributed by atoms with van der Waals surface area (Å²) in [4.78, 5) is 0. The third-order valence-electron chi connectivity index (χ3n) is 3.41. The van der Waals surface area contributed by atoms with Gasteiger partial charge in [-0.15, -0.1) is 0 Å². The van der Waals surface area contributed by atoms with Gasteiger partial charge in [-0.1, -0.05) is 12.1 Å². The summed E-state index contributed by atoms with van der Waals surface area (Å²) in [6.07, 6.45) is 1.22. The van der Waals surface area contributed by atoms with Crippen molar-refractivity contribution in [3.05, 3.63) is 28.8 Å². The van der Waals surface area contributed by atoms with Crippen LogP contribution in [0.3, 0.4) is 0 Å². The first-order valence-electron chi connectivity index (χ1n) is 5.59. The van der Waals surface area contributed by atoms with Crippen molar-refractivity contribution in [1.29, 1.82) is 0 Å². The molecule has 0 saturated carbocycles. The zero-order valence-corrected chi connectivity index (χ0v) is 9.76. The van der Waals surface area contributed by atoms with Gasteiger partial charge in [-0.3, -0.25) is 0 Å². The van der Waals surface area contributed by atoms with E-state index in [9.17, 15) is 0 Å². The van der Waals surface area contributed by atoms with E-state index in [1.54, 1.807) is 7.11 Å². The van der Waals surface area contributed by atoms with Crippen LogP contribution >= 0.6 is 0 Å². The van der Waals surface area contributed by atoms with Crippen molar-refractivity contribution in [2.75, 3.05) is 20.2 Å². The Morgan fingerprint density at radius 2 is 2.13 bits per heavy atom. The zero-order chi connectivity index (χ0) is 10.8. The second-order valence-electron chi connectivity index (χ2n) is 4.32. The summed E-state index contributed by atoms with van der Waals surface area (Å²) in [7, 11) is 1.77. The number of nitrogens with one attached hydrogen (secondary N) is 1. The molecular formula is C13H19NO. The monoisotopic (exact) mass is 205 g/mol. The largest absolute Gasteiger partial charge is 0.496 e. The highest BCUT2D eigenvalue weighted by atomic mass is 16.5. The van der Waals surface area contributed by atoms with Gasteiger partial charge in [0.2, 0.25) is 0 Å². The number of benzene rings is 1. The van der Waals surface area contributed by atoms with Crippen LogP contribution in [0.5, 0.6) is 5.75 Å². The number of ether oxygens (including phenoxy) is 1. The summed E-state index contributed by atoms with van der Waals surface area (Å²) in [5.41, 5.74) is 3.95. The molecule has 0 aromatic heterocycles. The van der Waals surface area contributed by atoms with Gasteiger partial charge in [0.1, 0.15) is 5.75 Å². The van der Waals surface area contributed by atoms with E-state index >= 15 is 0 Å². The third-order valence-corrected chi connectivity index (χ3v) is 3.41. The van der Waals surface area contributed by atoms with E-state index in [1.807, 2.05) is 0 Å². The lowest BCUT2D eigenvalue weighted by Crippen LogP contribution is -2.09. The fourth-order valence-electron chi connectivity index (χ4n) is 2.32. The maximum atomic E-state index is 5.54. The highest BCUT2D eigenvalue weighted by molar-refractivity contribution is 5.47. The number of hydrogen-bond acceptors (Lipinski definition) is 2. The molecule has 1 fully saturated rings. The first-order chi connectivity index (χ1) is 7.24. The van der Waals surface area contributed by atoms with Gasteiger partial charge in [-0.25, -0.2) is 0 Å². The maximum Gasteiger partial charge on any atom is 0.125 e. The van der Waals surface area contributed by atoms with Gasteiger partial charge < -0.3 is 10.1 Å². The molecular weight excluding hydrogens is 186 g/mol. The number of hydrogen-bond donors (Lipinski definition) is 1. The Balaban J connectivity index is 2.41. The van der Waals surface area contributed by atoms with E-state index in [4.69, 9.17) is 4.74 Å². The average molecular weight is 205 g/mol. The number of rotatable bonds is 2. The molecule has 1 atom stereocenters. The summed E-state index contributed by atoms with van der Waals surface area (Å²) in [5.74, 6) is 1.71. The Morgan fingerprint density at radius 1 is 1.33 bits per heavy atom. The van der Waals surface area contributed by atoms with E-state index < -0.39 is 0 Å². The Labute approximate surface area is 91.6 Å². The van der Waals surface area contributed by atoms with E-state index in [0.29, 0.717) is 5.92 Å². The van der Waals surface area contributed by atoms with Crippen molar-refractivity contribution in [3.63, 3.8) is 0 Å². The van der Waals surface area contributed by atoms with Gasteiger partial charge in [0, 0.05) is 12.5 Å². The Morgan fingerprint density at radius 3 is 2.73 bits per heavy atom. The maximum absolute atomic E-state index is 5.54. The van der Waals surface area contributed by atoms with Gasteiger partial charge in [-0.05, 0) is 43.5 Å². The van der Waals surface area contributed by atoms with Gasteiger partial charge >= 0.3 is 0 Å². The van der Waals surface area contributed by atoms with Crippen molar-refractivity contribution in [1.82, 2.24) is 5.32 Å². The molecule has 1 aliphatic heterocycles. The minimum Gasteiger partial charge on any atom is -0.496 e. The normalized spacial score (nSPS) is 20.6. The molecule has 1 aliphatic rings. The molecule has 2 rings (SSSR count). The highest BCUT2D eigenvalue weighted by Gasteiger charge is 2.21. The Kier molecular flexibility index (Phi) is 2.96. The number of methoxy groups -OCH3 is 1. The van der Waals surface area contributed by atoms with Crippen molar-refractivity contribution >= 4 is 0 Å². The molecule has 0 aliphatic carbocycles. The topological polar surface area (TPSA) is 21.3 Å². The summed E-state index contributed by atoms with van der Waals surface area (Å²) >= 11 is 0. The van der Waals surface area contributed by atoms with Crippen LogP contribution in [-0.2, 0) is 0 Å². The molecule has 1 heterocycles. The Hall–Kier alpha value is -1.02. The zero-order valence-electron chi connectivity index (χ0n) is 9.76. The predicted molar refractivity (Wildman–Crippen MR) is 62.7 cm³/mol. The minimum absolute atomic E-state index is 0.624. The van der Waals surface area contributed by atoms with Gasteiger partial charge in [0.05, 0.1) is 7.11 Å². The first kappa shape index (κ1) is 10.5. The van der Waals surface area contributed by atoms with E-state index in [1.165, 1.54) is 23.1 Å². The van der Waals surface area contributed by atoms with Crippen molar-refractivity contribution in [2.45, 2.75) is 26.2 Å². The fourth-order valence-corrected chi connectivity index (χ4v) is 2.32. The van der Waals surface area contributed by atoms with Crippen LogP contribution in [-0.4, -0.2) is 20.2 Å². The molecule has 2 heteroatoms. The molecule has 1 saturated heterocycles. The van der Waals surface area contributed by atoms with Gasteiger partial charge in [0.25, 0.3) is 0 Å². The van der Waals surface area contributed by atoms with E-state index in [-0.39, 0.29) is 0 Å². The van der Waals surface area contributed by atoms with Crippen LogP contribution in [0.25, 0.3) is 0 Å². The van der Waals surface area contributed by atoms with Crippen LogP contribution in [0.2, 0.25) is 0 Å². The molecule has 2 nitrogen and oxygen atoms in total. The molecule has 0 amide bonds. The molecule has 0 bridgehead atoms. The van der Waals surface area contributed by atoms with E-state index in [0.717, 1.165) is 18.8 Å². The summed E-state index contributed by atoms with van der Waals surface area (Å²) in [6.45, 7) is 6.48. The van der Waals surface area contributed by atoms with Crippen molar-refractivity contribution in [2.24, 2.45) is 0 Å². The summed E-state index contributed by atoms with van der Waals surface area (Å²) in [6, 6.07) is 4.42. The van der Waals surface area contributed by atoms with Crippen LogP contribution < -0.4 is 10.1 Å². The van der Waals surface area contributed by atoms with Gasteiger partial charge in [-0.2, -0.15) is 0 Å². The molecule has 1 unspecified atom stereocenters. The molecule has 1 aromatic rings. The number of aryl methyl sites for hydroxylation is 1. The van der Waals surface area contributed by atoms with E-state index in [2.05, 4.69) is 31.3 Å². The Bertz CT molecular complexity index is 354. The molecule has 15 heavy (non-hydrogen) atoms. The standard InChI is InChI=1S/C13H19NO/c1-9-4-5-12(11-6-7-14-8-11)13(15-3)10(9)2/h4-5,11,14H,6-8H2,1-3H3. The molecule has 82 valence electrons. The van der Waals surface area contributed by atoms with Crippen LogP contribution in [0.4, 0.5) is 0 Å². The van der Waals surface area contributed by atoms with Crippen molar-refractivity contribution < 1.29 is 4.74 Å². The lowest BCUT2D eigenvalue weighted by atomic mass is 9.93. The van der Waals surface area contributed by atoms with Crippen LogP contribution in [0, 0.1) is 13.8 Å².